The number of piperazine rings is 1. The Morgan fingerprint density at radius 1 is 1.03 bits per heavy atom. The van der Waals surface area contributed by atoms with E-state index in [1.54, 1.807) is 15.8 Å². The standard InChI is InChI=1S/C25H38ClN5O3S/c1-4-7-13-29(14-8-5-2)25(32)23-20-30(12-6-3)27-24(23)35(33,34)31-17-15-28(16-18-31)22-11-9-10-21(26)19-22/h9-11,19-20H,4-8,12-18H2,1-3H3. The molecule has 1 saturated heterocycles. The average molecular weight is 524 g/mol. The topological polar surface area (TPSA) is 78.8 Å². The second-order valence-corrected chi connectivity index (χ2v) is 11.3. The van der Waals surface area contributed by atoms with Crippen molar-refractivity contribution in [3.63, 3.8) is 0 Å². The molecule has 0 atom stereocenters. The van der Waals surface area contributed by atoms with Crippen LogP contribution >= 0.6 is 11.6 Å². The van der Waals surface area contributed by atoms with Gasteiger partial charge in [0.1, 0.15) is 0 Å². The van der Waals surface area contributed by atoms with Gasteiger partial charge in [-0.1, -0.05) is 51.3 Å². The van der Waals surface area contributed by atoms with Gasteiger partial charge >= 0.3 is 0 Å². The van der Waals surface area contributed by atoms with Crippen LogP contribution in [0, 0.1) is 0 Å². The molecule has 1 aromatic carbocycles. The van der Waals surface area contributed by atoms with Crippen molar-refractivity contribution in [3.8, 4) is 0 Å². The number of nitrogens with zero attached hydrogens (tertiary/aromatic N) is 5. The zero-order chi connectivity index (χ0) is 25.4. The lowest BCUT2D eigenvalue weighted by molar-refractivity contribution is 0.0747. The van der Waals surface area contributed by atoms with E-state index < -0.39 is 10.0 Å². The van der Waals surface area contributed by atoms with Crippen LogP contribution in [-0.2, 0) is 16.6 Å². The van der Waals surface area contributed by atoms with E-state index in [2.05, 4.69) is 23.8 Å². The molecule has 35 heavy (non-hydrogen) atoms. The van der Waals surface area contributed by atoms with Gasteiger partial charge in [-0.05, 0) is 37.5 Å². The first kappa shape index (κ1) is 27.5. The van der Waals surface area contributed by atoms with Gasteiger partial charge < -0.3 is 9.80 Å². The number of rotatable bonds is 12. The van der Waals surface area contributed by atoms with E-state index in [0.717, 1.165) is 37.8 Å². The number of halogens is 1. The molecular weight excluding hydrogens is 486 g/mol. The third-order valence-electron chi connectivity index (χ3n) is 6.26. The second kappa shape index (κ2) is 12.7. The van der Waals surface area contributed by atoms with E-state index in [0.29, 0.717) is 50.8 Å². The average Bonchev–Trinajstić information content (AvgIpc) is 3.29. The van der Waals surface area contributed by atoms with Gasteiger partial charge in [0.2, 0.25) is 5.03 Å². The predicted octanol–water partition coefficient (Wildman–Crippen LogP) is 4.50. The van der Waals surface area contributed by atoms with Crippen LogP contribution in [0.4, 0.5) is 5.69 Å². The number of aromatic nitrogens is 2. The van der Waals surface area contributed by atoms with E-state index in [-0.39, 0.29) is 16.5 Å². The first-order valence-corrected chi connectivity index (χ1v) is 14.5. The van der Waals surface area contributed by atoms with Crippen molar-refractivity contribution < 1.29 is 13.2 Å². The van der Waals surface area contributed by atoms with Gasteiger partial charge in [0, 0.05) is 62.7 Å². The molecule has 0 N–H and O–H groups in total. The SMILES string of the molecule is CCCCN(CCCC)C(=O)c1cn(CCC)nc1S(=O)(=O)N1CCN(c2cccc(Cl)c2)CC1. The van der Waals surface area contributed by atoms with Gasteiger partial charge in [0.05, 0.1) is 5.56 Å². The van der Waals surface area contributed by atoms with Crippen molar-refractivity contribution in [3.05, 3.63) is 41.0 Å². The molecule has 1 amide bonds. The summed E-state index contributed by atoms with van der Waals surface area (Å²) in [6.45, 7) is 9.68. The minimum Gasteiger partial charge on any atom is -0.369 e. The van der Waals surface area contributed by atoms with Crippen molar-refractivity contribution in [2.45, 2.75) is 64.4 Å². The Balaban J connectivity index is 1.85. The molecule has 194 valence electrons. The summed E-state index contributed by atoms with van der Waals surface area (Å²) >= 11 is 6.13. The van der Waals surface area contributed by atoms with Crippen LogP contribution in [-0.4, -0.2) is 72.6 Å². The molecular formula is C25H38ClN5O3S. The summed E-state index contributed by atoms with van der Waals surface area (Å²) in [5.41, 5.74) is 1.16. The zero-order valence-electron chi connectivity index (χ0n) is 21.1. The third-order valence-corrected chi connectivity index (χ3v) is 8.33. The van der Waals surface area contributed by atoms with Crippen LogP contribution in [0.3, 0.4) is 0 Å². The largest absolute Gasteiger partial charge is 0.369 e. The van der Waals surface area contributed by atoms with Crippen LogP contribution in [0.25, 0.3) is 0 Å². The number of sulfonamides is 1. The van der Waals surface area contributed by atoms with Gasteiger partial charge in [-0.25, -0.2) is 8.42 Å². The fourth-order valence-electron chi connectivity index (χ4n) is 4.25. The molecule has 3 rings (SSSR count). The molecule has 10 heteroatoms. The van der Waals surface area contributed by atoms with Gasteiger partial charge in [-0.2, -0.15) is 9.40 Å². The fourth-order valence-corrected chi connectivity index (χ4v) is 5.95. The highest BCUT2D eigenvalue weighted by Crippen LogP contribution is 2.25. The first-order chi connectivity index (χ1) is 16.8. The number of hydrogen-bond acceptors (Lipinski definition) is 5. The Labute approximate surface area is 214 Å². The minimum absolute atomic E-state index is 0.120. The first-order valence-electron chi connectivity index (χ1n) is 12.7. The molecule has 1 aliphatic rings. The Bertz CT molecular complexity index is 1070. The van der Waals surface area contributed by atoms with Crippen LogP contribution in [0.1, 0.15) is 63.2 Å². The number of amides is 1. The summed E-state index contributed by atoms with van der Waals surface area (Å²) in [5.74, 6) is -0.245. The number of carbonyl (C=O) groups is 1. The van der Waals surface area contributed by atoms with E-state index in [9.17, 15) is 13.2 Å². The fraction of sp³-hybridized carbons (Fsp3) is 0.600. The molecule has 0 unspecified atom stereocenters. The van der Waals surface area contributed by atoms with Gasteiger partial charge in [0.25, 0.3) is 15.9 Å². The quantitative estimate of drug-likeness (QED) is 0.409. The zero-order valence-corrected chi connectivity index (χ0v) is 22.7. The van der Waals surface area contributed by atoms with Crippen molar-refractivity contribution >= 4 is 33.2 Å². The monoisotopic (exact) mass is 523 g/mol. The summed E-state index contributed by atoms with van der Waals surface area (Å²) in [6, 6.07) is 7.57. The molecule has 0 radical (unpaired) electrons. The van der Waals surface area contributed by atoms with E-state index in [4.69, 9.17) is 11.6 Å². The number of anilines is 1. The predicted molar refractivity (Wildman–Crippen MR) is 141 cm³/mol. The number of carbonyl (C=O) groups excluding carboxylic acids is 1. The number of aryl methyl sites for hydroxylation is 1. The smallest absolute Gasteiger partial charge is 0.263 e. The number of hydrogen-bond donors (Lipinski definition) is 0. The highest BCUT2D eigenvalue weighted by Gasteiger charge is 2.35. The summed E-state index contributed by atoms with van der Waals surface area (Å²) in [5, 5.41) is 4.94. The van der Waals surface area contributed by atoms with Crippen LogP contribution in [0.5, 0.6) is 0 Å². The third kappa shape index (κ3) is 6.77. The molecule has 8 nitrogen and oxygen atoms in total. The van der Waals surface area contributed by atoms with Crippen molar-refractivity contribution in [1.82, 2.24) is 19.0 Å². The normalized spacial score (nSPS) is 14.9. The van der Waals surface area contributed by atoms with Crippen LogP contribution in [0.15, 0.2) is 35.5 Å². The lowest BCUT2D eigenvalue weighted by Crippen LogP contribution is -2.49. The highest BCUT2D eigenvalue weighted by atomic mass is 35.5. The van der Waals surface area contributed by atoms with Crippen molar-refractivity contribution in [2.24, 2.45) is 0 Å². The summed E-state index contributed by atoms with van der Waals surface area (Å²) in [7, 11) is -3.92. The Morgan fingerprint density at radius 3 is 2.26 bits per heavy atom. The number of unbranched alkanes of at least 4 members (excludes halogenated alkanes) is 2. The highest BCUT2D eigenvalue weighted by molar-refractivity contribution is 7.89. The van der Waals surface area contributed by atoms with E-state index in [1.165, 1.54) is 4.31 Å². The molecule has 1 fully saturated rings. The molecule has 0 spiro atoms. The van der Waals surface area contributed by atoms with Crippen LogP contribution < -0.4 is 4.90 Å². The summed E-state index contributed by atoms with van der Waals surface area (Å²) in [6.07, 6.45) is 6.10. The van der Waals surface area contributed by atoms with Crippen molar-refractivity contribution in [1.29, 1.82) is 0 Å². The van der Waals surface area contributed by atoms with Crippen LogP contribution in [0.2, 0.25) is 5.02 Å². The Hall–Kier alpha value is -2.10. The molecule has 2 aromatic rings. The molecule has 1 aromatic heterocycles. The maximum atomic E-state index is 13.7. The van der Waals surface area contributed by atoms with Gasteiger partial charge in [0.15, 0.2) is 0 Å². The van der Waals surface area contributed by atoms with Gasteiger partial charge in [-0.15, -0.1) is 0 Å². The van der Waals surface area contributed by atoms with Crippen molar-refractivity contribution in [2.75, 3.05) is 44.2 Å². The van der Waals surface area contributed by atoms with E-state index >= 15 is 0 Å². The lowest BCUT2D eigenvalue weighted by Gasteiger charge is -2.35. The molecule has 1 aliphatic heterocycles. The maximum absolute atomic E-state index is 13.7. The van der Waals surface area contributed by atoms with Gasteiger partial charge in [-0.3, -0.25) is 9.48 Å². The summed E-state index contributed by atoms with van der Waals surface area (Å²) in [4.78, 5) is 17.5. The molecule has 0 aliphatic carbocycles. The number of benzene rings is 1. The maximum Gasteiger partial charge on any atom is 0.263 e. The Morgan fingerprint density at radius 2 is 1.69 bits per heavy atom. The molecule has 0 bridgehead atoms. The molecule has 0 saturated carbocycles. The minimum atomic E-state index is -3.92. The lowest BCUT2D eigenvalue weighted by atomic mass is 10.2. The molecule has 2 heterocycles. The van der Waals surface area contributed by atoms with E-state index in [1.807, 2.05) is 31.2 Å². The Kier molecular flexibility index (Phi) is 10.0. The second-order valence-electron chi connectivity index (χ2n) is 8.98. The summed E-state index contributed by atoms with van der Waals surface area (Å²) < 4.78 is 30.5.